The van der Waals surface area contributed by atoms with Gasteiger partial charge in [0.05, 0.1) is 10.2 Å². The molecule has 0 radical (unpaired) electrons. The second kappa shape index (κ2) is 7.59. The van der Waals surface area contributed by atoms with Crippen LogP contribution in [0.15, 0.2) is 47.3 Å². The maximum atomic E-state index is 12.9. The van der Waals surface area contributed by atoms with Gasteiger partial charge in [0.25, 0.3) is 5.56 Å². The van der Waals surface area contributed by atoms with Crippen LogP contribution in [0.1, 0.15) is 30.1 Å². The van der Waals surface area contributed by atoms with Crippen molar-refractivity contribution in [3.8, 4) is 0 Å². The Balaban J connectivity index is 1.65. The van der Waals surface area contributed by atoms with Crippen molar-refractivity contribution in [2.45, 2.75) is 39.8 Å². The number of nitrogens with zero attached hydrogens (tertiary/aromatic N) is 3. The number of thiophene rings is 1. The quantitative estimate of drug-likeness (QED) is 0.546. The number of carbonyl (C=O) groups is 1. The van der Waals surface area contributed by atoms with E-state index in [2.05, 4.69) is 23.4 Å². The number of aryl methyl sites for hydroxylation is 2. The molecule has 0 aliphatic rings. The summed E-state index contributed by atoms with van der Waals surface area (Å²) < 4.78 is 4.29. The Morgan fingerprint density at radius 2 is 1.89 bits per heavy atom. The molecule has 0 unspecified atom stereocenters. The van der Waals surface area contributed by atoms with Crippen molar-refractivity contribution in [2.24, 2.45) is 0 Å². The van der Waals surface area contributed by atoms with Crippen molar-refractivity contribution in [1.29, 1.82) is 0 Å². The number of hydrogen-bond donors (Lipinski definition) is 1. The van der Waals surface area contributed by atoms with E-state index in [0.717, 1.165) is 28.0 Å². The first-order valence-corrected chi connectivity index (χ1v) is 10.3. The van der Waals surface area contributed by atoms with Gasteiger partial charge in [-0.3, -0.25) is 14.0 Å². The van der Waals surface area contributed by atoms with Crippen molar-refractivity contribution in [2.75, 3.05) is 0 Å². The van der Waals surface area contributed by atoms with Crippen LogP contribution in [-0.4, -0.2) is 20.1 Å². The van der Waals surface area contributed by atoms with Gasteiger partial charge in [0.2, 0.25) is 5.91 Å². The SMILES string of the molecule is CCc1cc2c(cc3c(=O)n(CC(=O)NCc4ccccc4)nc(CC)n32)s1. The highest BCUT2D eigenvalue weighted by molar-refractivity contribution is 7.19. The van der Waals surface area contributed by atoms with Crippen molar-refractivity contribution in [3.05, 3.63) is 69.1 Å². The standard InChI is InChI=1S/C21H22N4O2S/c1-3-15-10-16-18(28-15)11-17-21(27)24(23-19(4-2)25(16)17)13-20(26)22-12-14-8-6-5-7-9-14/h5-11H,3-4,12-13H2,1-2H3,(H,22,26). The molecule has 0 saturated heterocycles. The van der Waals surface area contributed by atoms with E-state index in [1.54, 1.807) is 11.3 Å². The Labute approximate surface area is 166 Å². The third-order valence-corrected chi connectivity index (χ3v) is 5.99. The Hall–Kier alpha value is -2.93. The lowest BCUT2D eigenvalue weighted by Gasteiger charge is -2.10. The molecule has 0 fully saturated rings. The van der Waals surface area contributed by atoms with Gasteiger partial charge in [-0.2, -0.15) is 5.10 Å². The van der Waals surface area contributed by atoms with Gasteiger partial charge in [0, 0.05) is 17.8 Å². The summed E-state index contributed by atoms with van der Waals surface area (Å²) in [4.78, 5) is 26.6. The predicted molar refractivity (Wildman–Crippen MR) is 112 cm³/mol. The van der Waals surface area contributed by atoms with Gasteiger partial charge in [-0.25, -0.2) is 4.68 Å². The van der Waals surface area contributed by atoms with Gasteiger partial charge in [-0.05, 0) is 24.1 Å². The summed E-state index contributed by atoms with van der Waals surface area (Å²) in [6.07, 6.45) is 1.64. The zero-order valence-corrected chi connectivity index (χ0v) is 16.8. The van der Waals surface area contributed by atoms with E-state index in [0.29, 0.717) is 18.5 Å². The van der Waals surface area contributed by atoms with Crippen LogP contribution in [0.3, 0.4) is 0 Å². The van der Waals surface area contributed by atoms with Crippen LogP contribution in [0.25, 0.3) is 15.7 Å². The molecule has 1 N–H and O–H groups in total. The van der Waals surface area contributed by atoms with Crippen LogP contribution in [0.4, 0.5) is 0 Å². The first kappa shape index (κ1) is 18.4. The molecule has 1 amide bonds. The first-order valence-electron chi connectivity index (χ1n) is 9.45. The molecule has 3 heterocycles. The summed E-state index contributed by atoms with van der Waals surface area (Å²) in [7, 11) is 0. The predicted octanol–water partition coefficient (Wildman–Crippen LogP) is 3.15. The maximum Gasteiger partial charge on any atom is 0.291 e. The molecular formula is C21H22N4O2S. The van der Waals surface area contributed by atoms with E-state index < -0.39 is 0 Å². The van der Waals surface area contributed by atoms with Gasteiger partial charge in [0.1, 0.15) is 17.9 Å². The third-order valence-electron chi connectivity index (χ3n) is 4.78. The maximum absolute atomic E-state index is 12.9. The Kier molecular flexibility index (Phi) is 5.00. The molecule has 0 spiro atoms. The van der Waals surface area contributed by atoms with E-state index in [9.17, 15) is 9.59 Å². The fraction of sp³-hybridized carbons (Fsp3) is 0.286. The lowest BCUT2D eigenvalue weighted by molar-refractivity contribution is -0.122. The second-order valence-electron chi connectivity index (χ2n) is 6.68. The number of amides is 1. The van der Waals surface area contributed by atoms with Crippen molar-refractivity contribution < 1.29 is 4.79 Å². The minimum Gasteiger partial charge on any atom is -0.350 e. The van der Waals surface area contributed by atoms with Crippen LogP contribution < -0.4 is 10.9 Å². The van der Waals surface area contributed by atoms with E-state index in [1.807, 2.05) is 47.7 Å². The van der Waals surface area contributed by atoms with Crippen LogP contribution in [0.2, 0.25) is 0 Å². The largest absolute Gasteiger partial charge is 0.350 e. The molecule has 3 aromatic heterocycles. The van der Waals surface area contributed by atoms with Gasteiger partial charge in [-0.1, -0.05) is 44.2 Å². The molecule has 0 aliphatic heterocycles. The molecule has 7 heteroatoms. The van der Waals surface area contributed by atoms with Crippen LogP contribution >= 0.6 is 11.3 Å². The van der Waals surface area contributed by atoms with E-state index in [4.69, 9.17) is 0 Å². The molecule has 0 atom stereocenters. The number of carbonyl (C=O) groups excluding carboxylic acids is 1. The summed E-state index contributed by atoms with van der Waals surface area (Å²) in [5, 5.41) is 7.34. The van der Waals surface area contributed by atoms with Crippen molar-refractivity contribution in [1.82, 2.24) is 19.5 Å². The van der Waals surface area contributed by atoms with E-state index >= 15 is 0 Å². The Bertz CT molecular complexity index is 1200. The van der Waals surface area contributed by atoms with Crippen LogP contribution in [0.5, 0.6) is 0 Å². The molecule has 6 nitrogen and oxygen atoms in total. The van der Waals surface area contributed by atoms with E-state index in [1.165, 1.54) is 9.56 Å². The van der Waals surface area contributed by atoms with Gasteiger partial charge in [0.15, 0.2) is 0 Å². The normalized spacial score (nSPS) is 11.4. The number of aromatic nitrogens is 3. The summed E-state index contributed by atoms with van der Waals surface area (Å²) >= 11 is 1.70. The highest BCUT2D eigenvalue weighted by atomic mass is 32.1. The summed E-state index contributed by atoms with van der Waals surface area (Å²) in [5.74, 6) is 0.549. The van der Waals surface area contributed by atoms with Crippen LogP contribution in [0, 0.1) is 0 Å². The summed E-state index contributed by atoms with van der Waals surface area (Å²) in [5.41, 5.74) is 2.37. The minimum absolute atomic E-state index is 0.0891. The topological polar surface area (TPSA) is 68.4 Å². The number of fused-ring (bicyclic) bond motifs is 3. The smallest absolute Gasteiger partial charge is 0.291 e. The number of rotatable bonds is 6. The second-order valence-corrected chi connectivity index (χ2v) is 7.84. The van der Waals surface area contributed by atoms with E-state index in [-0.39, 0.29) is 18.0 Å². The summed E-state index contributed by atoms with van der Waals surface area (Å²) in [6.45, 7) is 4.47. The molecule has 0 aliphatic carbocycles. The molecular weight excluding hydrogens is 372 g/mol. The fourth-order valence-electron chi connectivity index (χ4n) is 3.34. The highest BCUT2D eigenvalue weighted by Gasteiger charge is 2.16. The average Bonchev–Trinajstić information content (AvgIpc) is 3.27. The van der Waals surface area contributed by atoms with Gasteiger partial charge in [-0.15, -0.1) is 11.3 Å². The zero-order valence-electron chi connectivity index (χ0n) is 15.9. The number of nitrogens with one attached hydrogen (secondary N) is 1. The minimum atomic E-state index is -0.242. The van der Waals surface area contributed by atoms with Crippen molar-refractivity contribution in [3.63, 3.8) is 0 Å². The lowest BCUT2D eigenvalue weighted by atomic mass is 10.2. The van der Waals surface area contributed by atoms with Gasteiger partial charge < -0.3 is 5.32 Å². The zero-order chi connectivity index (χ0) is 19.7. The average molecular weight is 395 g/mol. The first-order chi connectivity index (χ1) is 13.6. The van der Waals surface area contributed by atoms with Crippen molar-refractivity contribution >= 4 is 33.0 Å². The number of hydrogen-bond acceptors (Lipinski definition) is 4. The molecule has 0 bridgehead atoms. The molecule has 4 aromatic rings. The number of benzene rings is 1. The fourth-order valence-corrected chi connectivity index (χ4v) is 4.36. The Morgan fingerprint density at radius 3 is 2.61 bits per heavy atom. The highest BCUT2D eigenvalue weighted by Crippen LogP contribution is 2.29. The monoisotopic (exact) mass is 394 g/mol. The lowest BCUT2D eigenvalue weighted by Crippen LogP contribution is -2.35. The molecule has 144 valence electrons. The molecule has 0 saturated carbocycles. The molecule has 1 aromatic carbocycles. The third kappa shape index (κ3) is 3.33. The summed E-state index contributed by atoms with van der Waals surface area (Å²) in [6, 6.07) is 13.7. The Morgan fingerprint density at radius 1 is 1.11 bits per heavy atom. The molecule has 28 heavy (non-hydrogen) atoms. The molecule has 4 rings (SSSR count). The van der Waals surface area contributed by atoms with Gasteiger partial charge >= 0.3 is 0 Å². The van der Waals surface area contributed by atoms with Crippen LogP contribution in [-0.2, 0) is 30.7 Å².